The Morgan fingerprint density at radius 1 is 0.955 bits per heavy atom. The van der Waals surface area contributed by atoms with E-state index in [4.69, 9.17) is 0 Å². The van der Waals surface area contributed by atoms with E-state index in [2.05, 4.69) is 18.9 Å². The van der Waals surface area contributed by atoms with Gasteiger partial charge in [-0.05, 0) is 25.0 Å². The zero-order valence-electron chi connectivity index (χ0n) is 13.1. The number of nitrogens with zero attached hydrogens (tertiary/aromatic N) is 2. The molecule has 3 aromatic rings. The summed E-state index contributed by atoms with van der Waals surface area (Å²) in [4.78, 5) is 0. The van der Waals surface area contributed by atoms with Crippen molar-refractivity contribution in [3.05, 3.63) is 65.9 Å². The predicted molar refractivity (Wildman–Crippen MR) is 89.5 cm³/mol. The van der Waals surface area contributed by atoms with Crippen LogP contribution in [0.2, 0.25) is 0 Å². The molecule has 112 valence electrons. The highest BCUT2D eigenvalue weighted by Gasteiger charge is 2.21. The van der Waals surface area contributed by atoms with Crippen molar-refractivity contribution >= 4 is 0 Å². The molecule has 0 bridgehead atoms. The Bertz CT molecular complexity index is 771. The summed E-state index contributed by atoms with van der Waals surface area (Å²) in [5, 5.41) is 15.3. The van der Waals surface area contributed by atoms with Crippen molar-refractivity contribution in [2.24, 2.45) is 0 Å². The molecule has 1 aromatic heterocycles. The molecule has 22 heavy (non-hydrogen) atoms. The summed E-state index contributed by atoms with van der Waals surface area (Å²) in [5.41, 5.74) is 4.55. The van der Waals surface area contributed by atoms with E-state index >= 15 is 0 Å². The van der Waals surface area contributed by atoms with E-state index in [0.717, 1.165) is 16.9 Å². The van der Waals surface area contributed by atoms with Crippen LogP contribution < -0.4 is 0 Å². The number of aromatic nitrogens is 2. The van der Waals surface area contributed by atoms with Crippen molar-refractivity contribution in [2.45, 2.75) is 26.7 Å². The van der Waals surface area contributed by atoms with Gasteiger partial charge in [0.15, 0.2) is 5.75 Å². The monoisotopic (exact) mass is 292 g/mol. The molecule has 0 aliphatic heterocycles. The summed E-state index contributed by atoms with van der Waals surface area (Å²) in [5.74, 6) is 0.439. The Kier molecular flexibility index (Phi) is 3.72. The van der Waals surface area contributed by atoms with Gasteiger partial charge < -0.3 is 5.11 Å². The van der Waals surface area contributed by atoms with Gasteiger partial charge in [-0.25, -0.2) is 4.68 Å². The average molecular weight is 292 g/mol. The van der Waals surface area contributed by atoms with E-state index in [1.165, 1.54) is 5.56 Å². The van der Waals surface area contributed by atoms with Crippen LogP contribution in [0.25, 0.3) is 16.9 Å². The zero-order chi connectivity index (χ0) is 15.7. The molecule has 0 atom stereocenters. The Morgan fingerprint density at radius 3 is 2.18 bits per heavy atom. The maximum Gasteiger partial charge on any atom is 0.165 e. The number of benzene rings is 2. The molecule has 1 N–H and O–H groups in total. The average Bonchev–Trinajstić information content (AvgIpc) is 2.87. The summed E-state index contributed by atoms with van der Waals surface area (Å²) < 4.78 is 1.84. The first-order valence-electron chi connectivity index (χ1n) is 7.52. The van der Waals surface area contributed by atoms with Gasteiger partial charge in [0.1, 0.15) is 5.69 Å². The maximum atomic E-state index is 10.7. The number of hydrogen-bond acceptors (Lipinski definition) is 2. The highest BCUT2D eigenvalue weighted by molar-refractivity contribution is 5.68. The molecular weight excluding hydrogens is 272 g/mol. The molecule has 2 aromatic carbocycles. The fourth-order valence-corrected chi connectivity index (χ4v) is 2.61. The van der Waals surface area contributed by atoms with Gasteiger partial charge in [-0.3, -0.25) is 0 Å². The first kappa shape index (κ1) is 14.4. The molecule has 3 rings (SSSR count). The molecule has 0 unspecified atom stereocenters. The van der Waals surface area contributed by atoms with E-state index < -0.39 is 0 Å². The molecule has 0 saturated carbocycles. The van der Waals surface area contributed by atoms with Crippen molar-refractivity contribution in [1.29, 1.82) is 0 Å². The van der Waals surface area contributed by atoms with Crippen molar-refractivity contribution in [1.82, 2.24) is 9.78 Å². The molecule has 0 radical (unpaired) electrons. The summed E-state index contributed by atoms with van der Waals surface area (Å²) in [6, 6.07) is 18.0. The second kappa shape index (κ2) is 5.68. The number of aryl methyl sites for hydroxylation is 1. The molecule has 0 aliphatic rings. The van der Waals surface area contributed by atoms with Crippen LogP contribution in [0, 0.1) is 6.92 Å². The standard InChI is InChI=1S/C19H20N2O/c1-13(2)18-19(22)17(15-11-9-14(3)10-12-15)20-21(18)16-7-5-4-6-8-16/h4-13,22H,1-3H3. The topological polar surface area (TPSA) is 38.0 Å². The fourth-order valence-electron chi connectivity index (χ4n) is 2.61. The highest BCUT2D eigenvalue weighted by atomic mass is 16.3. The van der Waals surface area contributed by atoms with Crippen LogP contribution in [-0.4, -0.2) is 14.9 Å². The van der Waals surface area contributed by atoms with E-state index in [9.17, 15) is 5.11 Å². The van der Waals surface area contributed by atoms with Gasteiger partial charge >= 0.3 is 0 Å². The summed E-state index contributed by atoms with van der Waals surface area (Å²) >= 11 is 0. The normalized spacial score (nSPS) is 11.1. The lowest BCUT2D eigenvalue weighted by Crippen LogP contribution is -2.03. The van der Waals surface area contributed by atoms with Crippen LogP contribution >= 0.6 is 0 Å². The summed E-state index contributed by atoms with van der Waals surface area (Å²) in [6.07, 6.45) is 0. The second-order valence-corrected chi connectivity index (χ2v) is 5.85. The second-order valence-electron chi connectivity index (χ2n) is 5.85. The van der Waals surface area contributed by atoms with E-state index in [0.29, 0.717) is 5.69 Å². The molecule has 0 aliphatic carbocycles. The van der Waals surface area contributed by atoms with Gasteiger partial charge in [-0.2, -0.15) is 5.10 Å². The first-order chi connectivity index (χ1) is 10.6. The van der Waals surface area contributed by atoms with Crippen molar-refractivity contribution in [3.8, 4) is 22.7 Å². The smallest absolute Gasteiger partial charge is 0.165 e. The molecular formula is C19H20N2O. The van der Waals surface area contributed by atoms with E-state index in [1.807, 2.05) is 66.2 Å². The van der Waals surface area contributed by atoms with Crippen LogP contribution in [0.15, 0.2) is 54.6 Å². The van der Waals surface area contributed by atoms with Crippen molar-refractivity contribution < 1.29 is 5.11 Å². The Hall–Kier alpha value is -2.55. The molecule has 0 spiro atoms. The summed E-state index contributed by atoms with van der Waals surface area (Å²) in [7, 11) is 0. The van der Waals surface area contributed by atoms with Gasteiger partial charge in [-0.15, -0.1) is 0 Å². The molecule has 0 fully saturated rings. The first-order valence-corrected chi connectivity index (χ1v) is 7.52. The fraction of sp³-hybridized carbons (Fsp3) is 0.211. The minimum absolute atomic E-state index is 0.173. The molecule has 3 nitrogen and oxygen atoms in total. The van der Waals surface area contributed by atoms with Gasteiger partial charge in [0.25, 0.3) is 0 Å². The van der Waals surface area contributed by atoms with Crippen LogP contribution in [0.5, 0.6) is 5.75 Å². The third kappa shape index (κ3) is 2.50. The van der Waals surface area contributed by atoms with Crippen LogP contribution in [0.4, 0.5) is 0 Å². The van der Waals surface area contributed by atoms with E-state index in [1.54, 1.807) is 0 Å². The number of rotatable bonds is 3. The van der Waals surface area contributed by atoms with Crippen molar-refractivity contribution in [3.63, 3.8) is 0 Å². The Labute approximate surface area is 130 Å². The van der Waals surface area contributed by atoms with Crippen LogP contribution in [0.1, 0.15) is 31.0 Å². The largest absolute Gasteiger partial charge is 0.504 e. The summed E-state index contributed by atoms with van der Waals surface area (Å²) in [6.45, 7) is 6.18. The molecule has 0 amide bonds. The van der Waals surface area contributed by atoms with Gasteiger partial charge in [0.05, 0.1) is 11.4 Å². The minimum Gasteiger partial charge on any atom is -0.504 e. The third-order valence-corrected chi connectivity index (χ3v) is 3.77. The van der Waals surface area contributed by atoms with Gasteiger partial charge in [-0.1, -0.05) is 61.9 Å². The lowest BCUT2D eigenvalue weighted by atomic mass is 10.1. The number of para-hydroxylation sites is 1. The molecule has 3 heteroatoms. The lowest BCUT2D eigenvalue weighted by Gasteiger charge is -2.10. The number of aromatic hydroxyl groups is 1. The Morgan fingerprint density at radius 2 is 1.59 bits per heavy atom. The van der Waals surface area contributed by atoms with Crippen LogP contribution in [-0.2, 0) is 0 Å². The zero-order valence-corrected chi connectivity index (χ0v) is 13.1. The SMILES string of the molecule is Cc1ccc(-c2nn(-c3ccccc3)c(C(C)C)c2O)cc1. The highest BCUT2D eigenvalue weighted by Crippen LogP contribution is 2.37. The van der Waals surface area contributed by atoms with Gasteiger partial charge in [0.2, 0.25) is 0 Å². The van der Waals surface area contributed by atoms with Crippen molar-refractivity contribution in [2.75, 3.05) is 0 Å². The molecule has 0 saturated heterocycles. The lowest BCUT2D eigenvalue weighted by molar-refractivity contribution is 0.464. The van der Waals surface area contributed by atoms with Gasteiger partial charge in [0, 0.05) is 5.56 Å². The van der Waals surface area contributed by atoms with E-state index in [-0.39, 0.29) is 11.7 Å². The quantitative estimate of drug-likeness (QED) is 0.761. The Balaban J connectivity index is 2.19. The predicted octanol–water partition coefficient (Wildman–Crippen LogP) is 4.68. The maximum absolute atomic E-state index is 10.7. The minimum atomic E-state index is 0.173. The molecule has 1 heterocycles. The number of hydrogen-bond donors (Lipinski definition) is 1. The third-order valence-electron chi connectivity index (χ3n) is 3.77. The van der Waals surface area contributed by atoms with Crippen LogP contribution in [0.3, 0.4) is 0 Å².